The van der Waals surface area contributed by atoms with E-state index in [-0.39, 0.29) is 22.4 Å². The highest BCUT2D eigenvalue weighted by Crippen LogP contribution is 2.60. The van der Waals surface area contributed by atoms with Crippen LogP contribution >= 0.6 is 28.7 Å². The van der Waals surface area contributed by atoms with Crippen molar-refractivity contribution in [3.63, 3.8) is 0 Å². The number of rotatable bonds is 3. The van der Waals surface area contributed by atoms with Gasteiger partial charge in [0, 0.05) is 12.0 Å². The molecule has 1 N–H and O–H groups in total. The van der Waals surface area contributed by atoms with Gasteiger partial charge in [-0.2, -0.15) is 0 Å². The Hall–Kier alpha value is -0.0300. The highest BCUT2D eigenvalue weighted by Gasteiger charge is 2.54. The summed E-state index contributed by atoms with van der Waals surface area (Å²) in [6, 6.07) is 0. The number of carbonyl (C=O) groups excluding carboxylic acids is 1. The number of carbonyl (C=O) groups is 1. The number of thioether (sulfide) groups is 1. The van der Waals surface area contributed by atoms with Gasteiger partial charge in [0.05, 0.1) is 12.3 Å². The number of nitrogens with zero attached hydrogens (tertiary/aromatic N) is 1. The third-order valence-electron chi connectivity index (χ3n) is 5.61. The normalized spacial score (nSPS) is 41.0. The van der Waals surface area contributed by atoms with Crippen LogP contribution in [0.4, 0.5) is 0 Å². The molecule has 0 atom stereocenters. The van der Waals surface area contributed by atoms with Gasteiger partial charge in [0.1, 0.15) is 5.78 Å². The van der Waals surface area contributed by atoms with E-state index in [0.717, 1.165) is 36.0 Å². The maximum absolute atomic E-state index is 12.7. The van der Waals surface area contributed by atoms with Crippen LogP contribution in [0.2, 0.25) is 0 Å². The van der Waals surface area contributed by atoms with Gasteiger partial charge in [0.25, 0.3) is 0 Å². The molecular weight excluding hydrogens is 336 g/mol. The number of halogens is 1. The van der Waals surface area contributed by atoms with Crippen LogP contribution in [0.5, 0.6) is 0 Å². The van der Waals surface area contributed by atoms with E-state index in [2.05, 4.69) is 10.3 Å². The van der Waals surface area contributed by atoms with E-state index in [1.807, 2.05) is 0 Å². The fourth-order valence-corrected chi connectivity index (χ4v) is 6.17. The summed E-state index contributed by atoms with van der Waals surface area (Å²) in [6.07, 6.45) is 7.81. The molecule has 1 heterocycles. The monoisotopic (exact) mass is 358 g/mol. The molecule has 5 heteroatoms. The minimum absolute atomic E-state index is 0. The van der Waals surface area contributed by atoms with Crippen LogP contribution < -0.4 is 5.32 Å². The maximum Gasteiger partial charge on any atom is 0.157 e. The number of nitrogens with one attached hydrogen (secondary N) is 1. The molecule has 4 fully saturated rings. The second-order valence-corrected chi connectivity index (χ2v) is 7.99. The number of amidine groups is 1. The molecule has 0 amide bonds. The first-order valence-electron chi connectivity index (χ1n) is 7.68. The summed E-state index contributed by atoms with van der Waals surface area (Å²) < 4.78 is 0. The third-order valence-corrected chi connectivity index (χ3v) is 6.57. The Morgan fingerprint density at radius 3 is 2.30 bits per heavy atom. The van der Waals surface area contributed by atoms with Gasteiger partial charge >= 0.3 is 0 Å². The first-order chi connectivity index (χ1) is 9.23. The van der Waals surface area contributed by atoms with Crippen LogP contribution in [-0.2, 0) is 4.79 Å². The van der Waals surface area contributed by atoms with E-state index >= 15 is 0 Å². The molecule has 4 bridgehead atoms. The highest BCUT2D eigenvalue weighted by atomic mass is 79.9. The number of Topliss-reactive ketones (excluding diaryl/α,β-unsaturated/α-hetero) is 1. The molecule has 4 aliphatic carbocycles. The highest BCUT2D eigenvalue weighted by molar-refractivity contribution is 8.93. The summed E-state index contributed by atoms with van der Waals surface area (Å²) in [6.45, 7) is 1.81. The summed E-state index contributed by atoms with van der Waals surface area (Å²) in [7, 11) is 0. The topological polar surface area (TPSA) is 41.5 Å². The van der Waals surface area contributed by atoms with Gasteiger partial charge in [-0.25, -0.2) is 0 Å². The Morgan fingerprint density at radius 2 is 1.80 bits per heavy atom. The van der Waals surface area contributed by atoms with Crippen molar-refractivity contribution in [1.82, 2.24) is 5.32 Å². The first kappa shape index (κ1) is 14.9. The van der Waals surface area contributed by atoms with Crippen molar-refractivity contribution < 1.29 is 4.79 Å². The smallest absolute Gasteiger partial charge is 0.157 e. The van der Waals surface area contributed by atoms with Gasteiger partial charge < -0.3 is 5.32 Å². The lowest BCUT2D eigenvalue weighted by atomic mass is 9.48. The Kier molecular flexibility index (Phi) is 4.20. The van der Waals surface area contributed by atoms with E-state index in [1.165, 1.54) is 38.5 Å². The summed E-state index contributed by atoms with van der Waals surface area (Å²) >= 11 is 1.63. The van der Waals surface area contributed by atoms with Gasteiger partial charge in [-0.1, -0.05) is 11.8 Å². The van der Waals surface area contributed by atoms with Crippen molar-refractivity contribution in [2.75, 3.05) is 18.8 Å². The first-order valence-corrected chi connectivity index (χ1v) is 8.66. The van der Waals surface area contributed by atoms with E-state index < -0.39 is 0 Å². The molecule has 20 heavy (non-hydrogen) atoms. The molecule has 0 spiro atoms. The van der Waals surface area contributed by atoms with E-state index in [4.69, 9.17) is 0 Å². The fraction of sp³-hybridized carbons (Fsp3) is 0.867. The molecule has 0 aromatic carbocycles. The minimum atomic E-state index is 0. The molecule has 5 rings (SSSR count). The van der Waals surface area contributed by atoms with Gasteiger partial charge in [0.15, 0.2) is 5.17 Å². The van der Waals surface area contributed by atoms with Crippen molar-refractivity contribution >= 4 is 39.7 Å². The van der Waals surface area contributed by atoms with Crippen LogP contribution in [0.15, 0.2) is 4.99 Å². The molecule has 3 nitrogen and oxygen atoms in total. The van der Waals surface area contributed by atoms with Gasteiger partial charge in [-0.3, -0.25) is 9.79 Å². The van der Waals surface area contributed by atoms with Crippen molar-refractivity contribution in [3.05, 3.63) is 0 Å². The summed E-state index contributed by atoms with van der Waals surface area (Å²) in [5.41, 5.74) is 0.0704. The molecule has 0 unspecified atom stereocenters. The Bertz CT molecular complexity index is 402. The number of aliphatic imine (C=N–C) groups is 1. The summed E-state index contributed by atoms with van der Waals surface area (Å²) in [5.74, 6) is 3.75. The Morgan fingerprint density at radius 1 is 1.20 bits per heavy atom. The lowest BCUT2D eigenvalue weighted by Crippen LogP contribution is -2.50. The summed E-state index contributed by atoms with van der Waals surface area (Å²) in [5, 5.41) is 4.23. The van der Waals surface area contributed by atoms with Gasteiger partial charge in [0.2, 0.25) is 0 Å². The minimum Gasteiger partial charge on any atom is -0.363 e. The average molecular weight is 359 g/mol. The standard InChI is InChI=1S/C15H22N2OS.BrH/c18-13(9-19-14-16-1-2-17-14)15-6-10-3-11(7-15)5-12(4-10)8-15;/h10-12H,1-9H2,(H,16,17);1H. The van der Waals surface area contributed by atoms with Crippen molar-refractivity contribution in [3.8, 4) is 0 Å². The molecule has 1 aliphatic heterocycles. The summed E-state index contributed by atoms with van der Waals surface area (Å²) in [4.78, 5) is 17.1. The largest absolute Gasteiger partial charge is 0.363 e. The zero-order valence-electron chi connectivity index (χ0n) is 11.8. The van der Waals surface area contributed by atoms with Crippen molar-refractivity contribution in [1.29, 1.82) is 0 Å². The second kappa shape index (κ2) is 5.64. The van der Waals surface area contributed by atoms with Gasteiger partial charge in [-0.05, 0) is 56.3 Å². The third kappa shape index (κ3) is 2.56. The van der Waals surface area contributed by atoms with Crippen molar-refractivity contribution in [2.24, 2.45) is 28.2 Å². The SMILES string of the molecule is Br.O=C(CSC1=NCCN1)C12CC3CC(CC(C3)C1)C2. The van der Waals surface area contributed by atoms with Crippen LogP contribution in [0.1, 0.15) is 38.5 Å². The molecule has 0 saturated heterocycles. The molecule has 0 aromatic heterocycles. The predicted molar refractivity (Wildman–Crippen MR) is 88.7 cm³/mol. The lowest BCUT2D eigenvalue weighted by Gasteiger charge is -2.56. The van der Waals surface area contributed by atoms with Crippen LogP contribution in [-0.4, -0.2) is 29.8 Å². The number of ketones is 1. The zero-order valence-corrected chi connectivity index (χ0v) is 14.3. The number of hydrogen-bond acceptors (Lipinski definition) is 4. The maximum atomic E-state index is 12.7. The van der Waals surface area contributed by atoms with Crippen LogP contribution in [0, 0.1) is 23.2 Å². The zero-order chi connectivity index (χ0) is 12.9. The second-order valence-electron chi connectivity index (χ2n) is 7.02. The fourth-order valence-electron chi connectivity index (χ4n) is 5.21. The quantitative estimate of drug-likeness (QED) is 0.842. The predicted octanol–water partition coefficient (Wildman–Crippen LogP) is 3.04. The molecule has 0 aromatic rings. The van der Waals surface area contributed by atoms with Gasteiger partial charge in [-0.15, -0.1) is 17.0 Å². The molecular formula is C15H23BrN2OS. The lowest BCUT2D eigenvalue weighted by molar-refractivity contribution is -0.140. The molecule has 4 saturated carbocycles. The van der Waals surface area contributed by atoms with E-state index in [0.29, 0.717) is 11.5 Å². The van der Waals surface area contributed by atoms with Crippen LogP contribution in [0.3, 0.4) is 0 Å². The molecule has 0 radical (unpaired) electrons. The molecule has 112 valence electrons. The van der Waals surface area contributed by atoms with E-state index in [1.54, 1.807) is 11.8 Å². The molecule has 5 aliphatic rings. The number of hydrogen-bond donors (Lipinski definition) is 1. The Labute approximate surface area is 135 Å². The van der Waals surface area contributed by atoms with E-state index in [9.17, 15) is 4.79 Å². The van der Waals surface area contributed by atoms with Crippen LogP contribution in [0.25, 0.3) is 0 Å². The average Bonchev–Trinajstić information content (AvgIpc) is 2.87. The Balaban J connectivity index is 0.00000121. The van der Waals surface area contributed by atoms with Crippen molar-refractivity contribution in [2.45, 2.75) is 38.5 Å².